The molecule has 1 atom stereocenters. The smallest absolute Gasteiger partial charge is 0.147 e. The van der Waals surface area contributed by atoms with Crippen LogP contribution in [0.25, 0.3) is 0 Å². The second kappa shape index (κ2) is 3.67. The third-order valence-electron chi connectivity index (χ3n) is 1.76. The van der Waals surface area contributed by atoms with E-state index in [1.165, 1.54) is 0 Å². The summed E-state index contributed by atoms with van der Waals surface area (Å²) in [4.78, 5) is 4.20. The summed E-state index contributed by atoms with van der Waals surface area (Å²) < 4.78 is 1.90. The molecule has 0 amide bonds. The summed E-state index contributed by atoms with van der Waals surface area (Å²) in [6, 6.07) is 0.230. The molecule has 68 valence electrons. The first-order valence-electron chi connectivity index (χ1n) is 4.23. The first-order valence-corrected chi connectivity index (χ1v) is 4.23. The van der Waals surface area contributed by atoms with Gasteiger partial charge in [-0.2, -0.15) is 5.10 Å². The highest BCUT2D eigenvalue weighted by Crippen LogP contribution is 1.98. The van der Waals surface area contributed by atoms with Crippen LogP contribution in [0.15, 0.2) is 0 Å². The van der Waals surface area contributed by atoms with Crippen molar-refractivity contribution in [3.63, 3.8) is 0 Å². The summed E-state index contributed by atoms with van der Waals surface area (Å²) in [5, 5.41) is 4.23. The van der Waals surface area contributed by atoms with Crippen molar-refractivity contribution in [1.29, 1.82) is 0 Å². The predicted molar refractivity (Wildman–Crippen MR) is 47.8 cm³/mol. The van der Waals surface area contributed by atoms with Crippen LogP contribution in [-0.4, -0.2) is 20.8 Å². The highest BCUT2D eigenvalue weighted by Gasteiger charge is 2.02. The van der Waals surface area contributed by atoms with Gasteiger partial charge in [0, 0.05) is 12.6 Å². The Kier molecular flexibility index (Phi) is 2.81. The van der Waals surface area contributed by atoms with Gasteiger partial charge >= 0.3 is 0 Å². The van der Waals surface area contributed by atoms with Crippen LogP contribution < -0.4 is 5.73 Å². The van der Waals surface area contributed by atoms with Gasteiger partial charge in [0.15, 0.2) is 0 Å². The Morgan fingerprint density at radius 2 is 2.17 bits per heavy atom. The zero-order chi connectivity index (χ0) is 9.14. The molecule has 0 fully saturated rings. The fourth-order valence-corrected chi connectivity index (χ4v) is 1.10. The number of hydrogen-bond donors (Lipinski definition) is 1. The van der Waals surface area contributed by atoms with Crippen LogP contribution in [0, 0.1) is 13.8 Å². The lowest BCUT2D eigenvalue weighted by atomic mass is 10.2. The van der Waals surface area contributed by atoms with Crippen molar-refractivity contribution >= 4 is 0 Å². The molecular formula is C8H16N4. The molecular weight excluding hydrogens is 152 g/mol. The molecule has 0 spiro atoms. The summed E-state index contributed by atoms with van der Waals surface area (Å²) in [6.07, 6.45) is 0.948. The fraction of sp³-hybridized carbons (Fsp3) is 0.750. The number of rotatable bonds is 3. The van der Waals surface area contributed by atoms with E-state index in [2.05, 4.69) is 10.1 Å². The molecule has 0 aliphatic heterocycles. The second-order valence-electron chi connectivity index (χ2n) is 3.20. The number of aromatic nitrogens is 3. The molecule has 1 aromatic heterocycles. The van der Waals surface area contributed by atoms with Crippen LogP contribution in [0.5, 0.6) is 0 Å². The van der Waals surface area contributed by atoms with Crippen LogP contribution in [0.4, 0.5) is 0 Å². The summed E-state index contributed by atoms with van der Waals surface area (Å²) >= 11 is 0. The number of nitrogens with zero attached hydrogens (tertiary/aromatic N) is 3. The first kappa shape index (κ1) is 9.19. The molecule has 1 aromatic rings. The molecule has 4 heteroatoms. The minimum atomic E-state index is 0.230. The Balaban J connectivity index is 2.57. The minimum Gasteiger partial charge on any atom is -0.328 e. The maximum Gasteiger partial charge on any atom is 0.147 e. The van der Waals surface area contributed by atoms with Gasteiger partial charge in [0.2, 0.25) is 0 Å². The molecule has 2 N–H and O–H groups in total. The van der Waals surface area contributed by atoms with E-state index in [1.807, 2.05) is 25.5 Å². The quantitative estimate of drug-likeness (QED) is 0.720. The Morgan fingerprint density at radius 3 is 2.58 bits per heavy atom. The lowest BCUT2D eigenvalue weighted by Crippen LogP contribution is -2.18. The van der Waals surface area contributed by atoms with Gasteiger partial charge in [-0.25, -0.2) is 4.98 Å². The van der Waals surface area contributed by atoms with E-state index in [-0.39, 0.29) is 6.04 Å². The minimum absolute atomic E-state index is 0.230. The van der Waals surface area contributed by atoms with Crippen LogP contribution in [0.3, 0.4) is 0 Å². The normalized spacial score (nSPS) is 13.3. The molecule has 0 aliphatic rings. The average molecular weight is 168 g/mol. The van der Waals surface area contributed by atoms with Gasteiger partial charge in [-0.05, 0) is 27.2 Å². The predicted octanol–water partition coefficient (Wildman–Crippen LogP) is 0.632. The zero-order valence-electron chi connectivity index (χ0n) is 7.91. The Labute approximate surface area is 72.8 Å². The molecule has 12 heavy (non-hydrogen) atoms. The SMILES string of the molecule is Cc1nc(C)n(CCC(C)N)n1. The van der Waals surface area contributed by atoms with Crippen molar-refractivity contribution in [1.82, 2.24) is 14.8 Å². The van der Waals surface area contributed by atoms with Gasteiger partial charge in [0.05, 0.1) is 0 Å². The van der Waals surface area contributed by atoms with Crippen LogP contribution in [0.2, 0.25) is 0 Å². The summed E-state index contributed by atoms with van der Waals surface area (Å²) in [5.41, 5.74) is 5.64. The molecule has 0 aliphatic carbocycles. The molecule has 1 unspecified atom stereocenters. The highest BCUT2D eigenvalue weighted by atomic mass is 15.3. The van der Waals surface area contributed by atoms with Crippen molar-refractivity contribution in [3.05, 3.63) is 11.6 Å². The van der Waals surface area contributed by atoms with Crippen molar-refractivity contribution in [2.24, 2.45) is 5.73 Å². The third kappa shape index (κ3) is 2.30. The van der Waals surface area contributed by atoms with Gasteiger partial charge in [0.25, 0.3) is 0 Å². The molecule has 1 rings (SSSR count). The van der Waals surface area contributed by atoms with E-state index in [9.17, 15) is 0 Å². The maximum absolute atomic E-state index is 5.64. The van der Waals surface area contributed by atoms with E-state index >= 15 is 0 Å². The molecule has 0 radical (unpaired) electrons. The fourth-order valence-electron chi connectivity index (χ4n) is 1.10. The maximum atomic E-state index is 5.64. The lowest BCUT2D eigenvalue weighted by molar-refractivity contribution is 0.517. The first-order chi connectivity index (χ1) is 5.59. The standard InChI is InChI=1S/C8H16N4/c1-6(9)4-5-12-8(3)10-7(2)11-12/h6H,4-5,9H2,1-3H3. The molecule has 0 saturated heterocycles. The van der Waals surface area contributed by atoms with Crippen molar-refractivity contribution < 1.29 is 0 Å². The van der Waals surface area contributed by atoms with E-state index in [0.29, 0.717) is 0 Å². The third-order valence-corrected chi connectivity index (χ3v) is 1.76. The van der Waals surface area contributed by atoms with Gasteiger partial charge in [-0.1, -0.05) is 0 Å². The zero-order valence-corrected chi connectivity index (χ0v) is 7.91. The van der Waals surface area contributed by atoms with Gasteiger partial charge in [-0.15, -0.1) is 0 Å². The van der Waals surface area contributed by atoms with Gasteiger partial charge in [0.1, 0.15) is 11.6 Å². The number of nitrogens with two attached hydrogens (primary N) is 1. The average Bonchev–Trinajstić information content (AvgIpc) is 2.26. The van der Waals surface area contributed by atoms with E-state index in [4.69, 9.17) is 5.73 Å². The largest absolute Gasteiger partial charge is 0.328 e. The van der Waals surface area contributed by atoms with Crippen LogP contribution >= 0.6 is 0 Å². The molecule has 4 nitrogen and oxygen atoms in total. The van der Waals surface area contributed by atoms with Crippen molar-refractivity contribution in [2.75, 3.05) is 0 Å². The second-order valence-corrected chi connectivity index (χ2v) is 3.20. The Bertz CT molecular complexity index is 252. The number of aryl methyl sites for hydroxylation is 3. The molecule has 0 bridgehead atoms. The van der Waals surface area contributed by atoms with E-state index in [1.54, 1.807) is 0 Å². The topological polar surface area (TPSA) is 56.7 Å². The molecule has 0 saturated carbocycles. The highest BCUT2D eigenvalue weighted by molar-refractivity contribution is 4.87. The van der Waals surface area contributed by atoms with Crippen molar-refractivity contribution in [3.8, 4) is 0 Å². The summed E-state index contributed by atoms with van der Waals surface area (Å²) in [6.45, 7) is 6.72. The van der Waals surface area contributed by atoms with E-state index < -0.39 is 0 Å². The number of hydrogen-bond acceptors (Lipinski definition) is 3. The van der Waals surface area contributed by atoms with Gasteiger partial charge < -0.3 is 5.73 Å². The van der Waals surface area contributed by atoms with Gasteiger partial charge in [-0.3, -0.25) is 4.68 Å². The summed E-state index contributed by atoms with van der Waals surface area (Å²) in [5.74, 6) is 1.80. The Morgan fingerprint density at radius 1 is 1.50 bits per heavy atom. The monoisotopic (exact) mass is 168 g/mol. The summed E-state index contributed by atoms with van der Waals surface area (Å²) in [7, 11) is 0. The lowest BCUT2D eigenvalue weighted by Gasteiger charge is -2.05. The van der Waals surface area contributed by atoms with Crippen LogP contribution in [0.1, 0.15) is 25.0 Å². The van der Waals surface area contributed by atoms with Crippen molar-refractivity contribution in [2.45, 2.75) is 39.8 Å². The van der Waals surface area contributed by atoms with E-state index in [0.717, 1.165) is 24.6 Å². The molecule has 0 aromatic carbocycles. The molecule has 1 heterocycles. The van der Waals surface area contributed by atoms with Crippen LogP contribution in [-0.2, 0) is 6.54 Å². The Hall–Kier alpha value is -0.900.